The Hall–Kier alpha value is -3.17. The molecular weight excluding hydrogens is 452 g/mol. The number of halogens is 1. The summed E-state index contributed by atoms with van der Waals surface area (Å²) in [6, 6.07) is 13.6. The number of carbonyl (C=O) groups is 1. The summed E-state index contributed by atoms with van der Waals surface area (Å²) in [6.45, 7) is 2.22. The van der Waals surface area contributed by atoms with Crippen molar-refractivity contribution in [2.24, 2.45) is 0 Å². The molecule has 0 saturated carbocycles. The number of nitrogen functional groups attached to an aromatic ring is 1. The van der Waals surface area contributed by atoms with Crippen molar-refractivity contribution in [2.75, 3.05) is 24.7 Å². The molecule has 168 valence electrons. The van der Waals surface area contributed by atoms with Crippen molar-refractivity contribution in [1.82, 2.24) is 9.97 Å². The standard InChI is InChI=1S/C22H23ClN4O4S/c1-13-16(4-3-5-17(13)23)18-12-20(27-22(24)26-18)25-11-10-19(32(29)30)14-6-8-15(9-7-14)21(28)31-2/h3-9,12,19,32H,10-11H2,1-2H3,(H3,24,25,26,27). The van der Waals surface area contributed by atoms with Gasteiger partial charge in [-0.3, -0.25) is 0 Å². The molecule has 10 heteroatoms. The van der Waals surface area contributed by atoms with Crippen molar-refractivity contribution in [2.45, 2.75) is 18.6 Å². The maximum atomic E-state index is 11.8. The molecule has 8 nitrogen and oxygen atoms in total. The quantitative estimate of drug-likeness (QED) is 0.334. The number of nitrogens with two attached hydrogens (primary N) is 1. The molecule has 0 bridgehead atoms. The van der Waals surface area contributed by atoms with E-state index < -0.39 is 21.9 Å². The summed E-state index contributed by atoms with van der Waals surface area (Å²) in [7, 11) is -1.44. The number of rotatable bonds is 8. The Morgan fingerprint density at radius 1 is 1.19 bits per heavy atom. The number of carbonyl (C=O) groups excluding carboxylic acids is 1. The summed E-state index contributed by atoms with van der Waals surface area (Å²) in [6.07, 6.45) is 0.297. The van der Waals surface area contributed by atoms with Crippen molar-refractivity contribution in [3.63, 3.8) is 0 Å². The summed E-state index contributed by atoms with van der Waals surface area (Å²) in [5.74, 6) is 0.0930. The normalized spacial score (nSPS) is 11.9. The van der Waals surface area contributed by atoms with E-state index in [0.29, 0.717) is 40.6 Å². The number of thiol groups is 1. The van der Waals surface area contributed by atoms with Crippen LogP contribution in [0.15, 0.2) is 48.5 Å². The number of nitrogens with zero attached hydrogens (tertiary/aromatic N) is 2. The Bertz CT molecular complexity index is 1190. The number of aromatic nitrogens is 2. The molecule has 2 aromatic carbocycles. The Kier molecular flexibility index (Phi) is 7.66. The van der Waals surface area contributed by atoms with Gasteiger partial charge in [-0.2, -0.15) is 4.98 Å². The van der Waals surface area contributed by atoms with Gasteiger partial charge in [0, 0.05) is 23.2 Å². The summed E-state index contributed by atoms with van der Waals surface area (Å²) in [5.41, 5.74) is 9.14. The van der Waals surface area contributed by atoms with E-state index in [1.165, 1.54) is 7.11 Å². The van der Waals surface area contributed by atoms with E-state index in [9.17, 15) is 13.2 Å². The topological polar surface area (TPSA) is 124 Å². The van der Waals surface area contributed by atoms with Crippen LogP contribution in [-0.2, 0) is 15.4 Å². The van der Waals surface area contributed by atoms with Crippen LogP contribution in [-0.4, -0.2) is 38.0 Å². The minimum atomic E-state index is -2.73. The van der Waals surface area contributed by atoms with Gasteiger partial charge < -0.3 is 15.8 Å². The molecule has 1 aromatic heterocycles. The highest BCUT2D eigenvalue weighted by atomic mass is 35.5. The molecule has 0 spiro atoms. The van der Waals surface area contributed by atoms with E-state index in [1.54, 1.807) is 36.4 Å². The van der Waals surface area contributed by atoms with Gasteiger partial charge >= 0.3 is 5.97 Å². The number of hydrogen-bond acceptors (Lipinski definition) is 8. The lowest BCUT2D eigenvalue weighted by atomic mass is 10.1. The van der Waals surface area contributed by atoms with Gasteiger partial charge in [0.2, 0.25) is 5.95 Å². The van der Waals surface area contributed by atoms with E-state index in [4.69, 9.17) is 17.3 Å². The molecule has 3 aromatic rings. The first kappa shape index (κ1) is 23.5. The fraction of sp³-hybridized carbons (Fsp3) is 0.227. The van der Waals surface area contributed by atoms with E-state index in [0.717, 1.165) is 11.1 Å². The van der Waals surface area contributed by atoms with Gasteiger partial charge in [0.05, 0.1) is 23.6 Å². The number of esters is 1. The highest BCUT2D eigenvalue weighted by molar-refractivity contribution is 7.72. The highest BCUT2D eigenvalue weighted by Gasteiger charge is 2.16. The van der Waals surface area contributed by atoms with Crippen molar-refractivity contribution < 1.29 is 17.9 Å². The zero-order valence-electron chi connectivity index (χ0n) is 17.5. The SMILES string of the molecule is COC(=O)c1ccc(C(CCNc2cc(-c3cccc(Cl)c3C)nc(N)n2)[SH](=O)=O)cc1. The average molecular weight is 475 g/mol. The van der Waals surface area contributed by atoms with Crippen molar-refractivity contribution in [1.29, 1.82) is 0 Å². The van der Waals surface area contributed by atoms with Crippen LogP contribution in [0.4, 0.5) is 11.8 Å². The molecule has 0 aliphatic heterocycles. The Morgan fingerprint density at radius 3 is 2.56 bits per heavy atom. The van der Waals surface area contributed by atoms with Crippen molar-refractivity contribution >= 4 is 40.0 Å². The number of ether oxygens (including phenoxy) is 1. The predicted octanol–water partition coefficient (Wildman–Crippen LogP) is 3.63. The smallest absolute Gasteiger partial charge is 0.337 e. The van der Waals surface area contributed by atoms with E-state index >= 15 is 0 Å². The van der Waals surface area contributed by atoms with Gasteiger partial charge in [0.15, 0.2) is 0 Å². The minimum Gasteiger partial charge on any atom is -0.465 e. The molecule has 0 aliphatic carbocycles. The second-order valence-electron chi connectivity index (χ2n) is 7.04. The molecule has 1 unspecified atom stereocenters. The van der Waals surface area contributed by atoms with Crippen LogP contribution in [0, 0.1) is 6.92 Å². The minimum absolute atomic E-state index is 0.0919. The third kappa shape index (κ3) is 5.54. The number of hydrogen-bond donors (Lipinski definition) is 3. The van der Waals surface area contributed by atoms with Gasteiger partial charge in [-0.1, -0.05) is 35.9 Å². The summed E-state index contributed by atoms with van der Waals surface area (Å²) >= 11 is 6.21. The first-order chi connectivity index (χ1) is 15.3. The van der Waals surface area contributed by atoms with Gasteiger partial charge in [0.1, 0.15) is 16.5 Å². The predicted molar refractivity (Wildman–Crippen MR) is 126 cm³/mol. The number of methoxy groups -OCH3 is 1. The summed E-state index contributed by atoms with van der Waals surface area (Å²) in [5, 5.41) is 3.01. The molecule has 0 amide bonds. The van der Waals surface area contributed by atoms with Crippen LogP contribution in [0.1, 0.15) is 33.2 Å². The Labute approximate surface area is 192 Å². The lowest BCUT2D eigenvalue weighted by Gasteiger charge is -2.14. The second-order valence-corrected chi connectivity index (χ2v) is 8.64. The molecule has 0 aliphatic rings. The first-order valence-electron chi connectivity index (χ1n) is 9.76. The second kappa shape index (κ2) is 10.4. The summed E-state index contributed by atoms with van der Waals surface area (Å²) in [4.78, 5) is 20.0. The molecule has 3 rings (SSSR count). The fourth-order valence-electron chi connectivity index (χ4n) is 3.27. The largest absolute Gasteiger partial charge is 0.465 e. The van der Waals surface area contributed by atoms with Gasteiger partial charge in [0.25, 0.3) is 0 Å². The lowest BCUT2D eigenvalue weighted by molar-refractivity contribution is 0.0600. The molecule has 1 atom stereocenters. The number of anilines is 2. The van der Waals surface area contributed by atoms with Crippen LogP contribution < -0.4 is 11.1 Å². The molecule has 32 heavy (non-hydrogen) atoms. The van der Waals surface area contributed by atoms with Crippen molar-refractivity contribution in [3.05, 3.63) is 70.2 Å². The van der Waals surface area contributed by atoms with Crippen molar-refractivity contribution in [3.8, 4) is 11.3 Å². The van der Waals surface area contributed by atoms with E-state index in [2.05, 4.69) is 20.0 Å². The third-order valence-corrected chi connectivity index (χ3v) is 6.46. The van der Waals surface area contributed by atoms with Crippen LogP contribution in [0.5, 0.6) is 0 Å². The molecule has 0 saturated heterocycles. The van der Waals surface area contributed by atoms with Gasteiger partial charge in [-0.15, -0.1) is 0 Å². The average Bonchev–Trinajstić information content (AvgIpc) is 2.77. The van der Waals surface area contributed by atoms with Gasteiger partial charge in [-0.05, 0) is 42.7 Å². The first-order valence-corrected chi connectivity index (χ1v) is 11.4. The monoisotopic (exact) mass is 474 g/mol. The fourth-order valence-corrected chi connectivity index (χ4v) is 4.20. The molecule has 3 N–H and O–H groups in total. The lowest BCUT2D eigenvalue weighted by Crippen LogP contribution is -2.11. The Balaban J connectivity index is 1.74. The van der Waals surface area contributed by atoms with Gasteiger partial charge in [-0.25, -0.2) is 18.2 Å². The maximum absolute atomic E-state index is 11.8. The highest BCUT2D eigenvalue weighted by Crippen LogP contribution is 2.29. The van der Waals surface area contributed by atoms with Crippen LogP contribution >= 0.6 is 11.6 Å². The maximum Gasteiger partial charge on any atom is 0.337 e. The molecule has 1 heterocycles. The zero-order valence-corrected chi connectivity index (χ0v) is 19.2. The zero-order chi connectivity index (χ0) is 23.3. The third-order valence-electron chi connectivity index (χ3n) is 4.98. The number of benzene rings is 2. The van der Waals surface area contributed by atoms with Crippen LogP contribution in [0.3, 0.4) is 0 Å². The molecule has 0 radical (unpaired) electrons. The summed E-state index contributed by atoms with van der Waals surface area (Å²) < 4.78 is 28.3. The molecule has 0 fully saturated rings. The van der Waals surface area contributed by atoms with E-state index in [-0.39, 0.29) is 5.95 Å². The molecular formula is C22H23ClN4O4S. The van der Waals surface area contributed by atoms with E-state index in [1.807, 2.05) is 19.1 Å². The van der Waals surface area contributed by atoms with Crippen LogP contribution in [0.25, 0.3) is 11.3 Å². The van der Waals surface area contributed by atoms with Crippen LogP contribution in [0.2, 0.25) is 5.02 Å². The Morgan fingerprint density at radius 2 is 1.91 bits per heavy atom. The number of nitrogens with one attached hydrogen (secondary N) is 1.